The highest BCUT2D eigenvalue weighted by Gasteiger charge is 2.04. The first-order valence-corrected chi connectivity index (χ1v) is 12.3. The van der Waals surface area contributed by atoms with Gasteiger partial charge in [-0.25, -0.2) is 4.79 Å². The third-order valence-electron chi connectivity index (χ3n) is 2.57. The molecule has 0 aliphatic rings. The van der Waals surface area contributed by atoms with Gasteiger partial charge in [-0.05, 0) is 12.8 Å². The van der Waals surface area contributed by atoms with Gasteiger partial charge in [-0.2, -0.15) is 0 Å². The molecule has 0 saturated heterocycles. The Kier molecular flexibility index (Phi) is 15.4. The van der Waals surface area contributed by atoms with Crippen molar-refractivity contribution in [2.75, 3.05) is 13.2 Å². The fourth-order valence-electron chi connectivity index (χ4n) is 1.51. The van der Waals surface area contributed by atoms with Crippen LogP contribution in [0.3, 0.4) is 0 Å². The topological polar surface area (TPSA) is 35.5 Å². The van der Waals surface area contributed by atoms with Crippen LogP contribution in [0.15, 0.2) is 0 Å². The Hall–Kier alpha value is 0.864. The Bertz CT molecular complexity index is 224. The summed E-state index contributed by atoms with van der Waals surface area (Å²) < 4.78 is 9.56. The van der Waals surface area contributed by atoms with E-state index >= 15 is 0 Å². The normalized spacial score (nSPS) is 12.3. The summed E-state index contributed by atoms with van der Waals surface area (Å²) in [5, 5.41) is 0. The quantitative estimate of drug-likeness (QED) is 0.218. The second kappa shape index (κ2) is 14.8. The summed E-state index contributed by atoms with van der Waals surface area (Å²) in [5.74, 6) is 0. The van der Waals surface area contributed by atoms with E-state index in [2.05, 4.69) is 0 Å². The van der Waals surface area contributed by atoms with E-state index in [0.29, 0.717) is 13.2 Å². The monoisotopic (exact) mass is 398 g/mol. The van der Waals surface area contributed by atoms with Crippen molar-refractivity contribution in [3.05, 3.63) is 0 Å². The molecule has 0 atom stereocenters. The summed E-state index contributed by atoms with van der Waals surface area (Å²) >= 11 is 22.6. The van der Waals surface area contributed by atoms with Crippen molar-refractivity contribution in [2.24, 2.45) is 0 Å². The smallest absolute Gasteiger partial charge is 0.434 e. The minimum absolute atomic E-state index is 0.170. The van der Waals surface area contributed by atoms with Crippen molar-refractivity contribution in [2.45, 2.75) is 46.7 Å². The summed E-state index contributed by atoms with van der Waals surface area (Å²) in [5.41, 5.74) is 0. The van der Waals surface area contributed by atoms with Crippen LogP contribution < -0.4 is 0 Å². The van der Waals surface area contributed by atoms with E-state index in [1.165, 1.54) is 0 Å². The first-order valence-electron chi connectivity index (χ1n) is 6.88. The number of carbonyl (C=O) groups excluding carboxylic acids is 1. The van der Waals surface area contributed by atoms with Crippen LogP contribution in [0.1, 0.15) is 25.7 Å². The molecule has 0 rings (SSSR count). The molecular formula is C11H22Cl4O3Si2. The number of alkyl halides is 4. The lowest BCUT2D eigenvalue weighted by Gasteiger charge is -2.06. The molecule has 0 unspecified atom stereocenters. The van der Waals surface area contributed by atoms with Gasteiger partial charge in [0, 0.05) is 0 Å². The van der Waals surface area contributed by atoms with Gasteiger partial charge in [0.25, 0.3) is 0 Å². The number of ether oxygens (including phenoxy) is 2. The molecule has 0 spiro atoms. The molecule has 0 radical (unpaired) electrons. The number of hydrogen-bond acceptors (Lipinski definition) is 3. The predicted octanol–water partition coefficient (Wildman–Crippen LogP) is 3.40. The van der Waals surface area contributed by atoms with Crippen LogP contribution in [-0.2, 0) is 9.47 Å². The van der Waals surface area contributed by atoms with Crippen LogP contribution in [0, 0.1) is 0 Å². The van der Waals surface area contributed by atoms with Gasteiger partial charge in [-0.3, -0.25) is 0 Å². The first-order chi connectivity index (χ1) is 9.52. The minimum Gasteiger partial charge on any atom is -0.434 e. The van der Waals surface area contributed by atoms with Crippen LogP contribution in [0.2, 0.25) is 12.1 Å². The maximum Gasteiger partial charge on any atom is 0.508 e. The molecule has 0 N–H and O–H groups in total. The maximum absolute atomic E-state index is 11.2. The largest absolute Gasteiger partial charge is 0.508 e. The van der Waals surface area contributed by atoms with Crippen LogP contribution in [0.25, 0.3) is 0 Å². The highest BCUT2D eigenvalue weighted by Crippen LogP contribution is 2.06. The predicted molar refractivity (Wildman–Crippen MR) is 93.5 cm³/mol. The van der Waals surface area contributed by atoms with Gasteiger partial charge in [0.15, 0.2) is 0 Å². The van der Waals surface area contributed by atoms with Crippen LogP contribution in [0.5, 0.6) is 0 Å². The highest BCUT2D eigenvalue weighted by molar-refractivity contribution is 6.69. The molecule has 0 fully saturated rings. The second-order valence-corrected chi connectivity index (χ2v) is 13.3. The molecular weight excluding hydrogens is 378 g/mol. The van der Waals surface area contributed by atoms with Crippen LogP contribution in [-0.4, -0.2) is 47.3 Å². The molecule has 0 aliphatic heterocycles. The summed E-state index contributed by atoms with van der Waals surface area (Å²) in [7, 11) is -0.771. The Morgan fingerprint density at radius 3 is 1.55 bits per heavy atom. The minimum atomic E-state index is -0.584. The number of halogens is 4. The first kappa shape index (κ1) is 20.9. The van der Waals surface area contributed by atoms with Gasteiger partial charge in [-0.1, -0.05) is 24.9 Å². The number of rotatable bonds is 12. The summed E-state index contributed by atoms with van der Waals surface area (Å²) in [6.45, 7) is 0.797. The molecule has 3 nitrogen and oxygen atoms in total. The molecule has 120 valence electrons. The van der Waals surface area contributed by atoms with E-state index in [4.69, 9.17) is 55.9 Å². The second-order valence-electron chi connectivity index (χ2n) is 4.43. The van der Waals surface area contributed by atoms with E-state index in [1.807, 2.05) is 0 Å². The Balaban J connectivity index is 3.21. The van der Waals surface area contributed by atoms with Crippen LogP contribution in [0.4, 0.5) is 4.79 Å². The van der Waals surface area contributed by atoms with Gasteiger partial charge in [-0.15, -0.1) is 46.4 Å². The molecule has 20 heavy (non-hydrogen) atoms. The van der Waals surface area contributed by atoms with Gasteiger partial charge < -0.3 is 9.47 Å². The average molecular weight is 400 g/mol. The SMILES string of the molecule is O=C(OCCCC[SiH2]C(Cl)Cl)OCCCC[SiH2]C(Cl)Cl. The molecule has 0 aromatic heterocycles. The van der Waals surface area contributed by atoms with Crippen molar-refractivity contribution in [1.29, 1.82) is 0 Å². The number of hydrogen-bond donors (Lipinski definition) is 0. The lowest BCUT2D eigenvalue weighted by Crippen LogP contribution is -2.10. The molecule has 0 amide bonds. The molecule has 0 saturated carbocycles. The zero-order valence-corrected chi connectivity index (χ0v) is 17.3. The zero-order chi connectivity index (χ0) is 15.2. The van der Waals surface area contributed by atoms with Crippen molar-refractivity contribution < 1.29 is 14.3 Å². The van der Waals surface area contributed by atoms with Crippen LogP contribution >= 0.6 is 46.4 Å². The maximum atomic E-state index is 11.2. The Morgan fingerprint density at radius 1 is 0.800 bits per heavy atom. The average Bonchev–Trinajstić information content (AvgIpc) is 2.37. The summed E-state index contributed by atoms with van der Waals surface area (Å²) in [6.07, 6.45) is 3.08. The van der Waals surface area contributed by atoms with Crippen molar-refractivity contribution in [1.82, 2.24) is 0 Å². The Morgan fingerprint density at radius 2 is 1.20 bits per heavy atom. The highest BCUT2D eigenvalue weighted by atomic mass is 35.5. The summed E-state index contributed by atoms with van der Waals surface area (Å²) in [4.78, 5) is 11.2. The zero-order valence-electron chi connectivity index (χ0n) is 11.5. The fraction of sp³-hybridized carbons (Fsp3) is 0.909. The van der Waals surface area contributed by atoms with E-state index in [9.17, 15) is 4.79 Å². The lowest BCUT2D eigenvalue weighted by molar-refractivity contribution is 0.0536. The van der Waals surface area contributed by atoms with E-state index < -0.39 is 6.16 Å². The van der Waals surface area contributed by atoms with Crippen molar-refractivity contribution >= 4 is 71.6 Å². The number of unbranched alkanes of at least 4 members (excludes halogenated alkanes) is 2. The lowest BCUT2D eigenvalue weighted by atomic mass is 10.4. The molecule has 0 bridgehead atoms. The molecule has 0 aromatic carbocycles. The van der Waals surface area contributed by atoms with Gasteiger partial charge in [0.2, 0.25) is 0 Å². The fourth-order valence-corrected chi connectivity index (χ4v) is 5.26. The van der Waals surface area contributed by atoms with Gasteiger partial charge >= 0.3 is 6.16 Å². The van der Waals surface area contributed by atoms with Crippen molar-refractivity contribution in [3.8, 4) is 0 Å². The van der Waals surface area contributed by atoms with E-state index in [1.54, 1.807) is 0 Å². The van der Waals surface area contributed by atoms with Gasteiger partial charge in [0.1, 0.15) is 0 Å². The molecule has 0 aromatic rings. The Labute approximate surface area is 145 Å². The standard InChI is InChI=1S/C11H22Cl4O3Si2/c12-9(13)19-7-3-1-5-17-11(16)18-6-2-4-8-20-10(14)15/h9-10H,1-8,19-20H2. The molecule has 0 heterocycles. The summed E-state index contributed by atoms with van der Waals surface area (Å²) in [6, 6.07) is 2.14. The number of carbonyl (C=O) groups is 1. The van der Waals surface area contributed by atoms with E-state index in [-0.39, 0.29) is 28.0 Å². The molecule has 0 aliphatic carbocycles. The third kappa shape index (κ3) is 16.9. The molecule has 9 heteroatoms. The van der Waals surface area contributed by atoms with E-state index in [0.717, 1.165) is 37.8 Å². The van der Waals surface area contributed by atoms with Gasteiger partial charge in [0.05, 0.1) is 41.2 Å². The third-order valence-corrected chi connectivity index (χ3v) is 7.88. The van der Waals surface area contributed by atoms with Crippen molar-refractivity contribution in [3.63, 3.8) is 0 Å².